The SMILES string of the molecule is CC(NC(C)c1ccc(Br)o1)c1ccc(S(N)(=O)=O)cc1. The maximum Gasteiger partial charge on any atom is 0.238 e. The lowest BCUT2D eigenvalue weighted by Gasteiger charge is -2.19. The summed E-state index contributed by atoms with van der Waals surface area (Å²) in [5.41, 5.74) is 0.972. The van der Waals surface area contributed by atoms with Gasteiger partial charge in [-0.3, -0.25) is 0 Å². The molecule has 0 spiro atoms. The molecule has 2 unspecified atom stereocenters. The fourth-order valence-corrected chi connectivity index (χ4v) is 2.90. The van der Waals surface area contributed by atoms with E-state index in [1.54, 1.807) is 12.1 Å². The predicted octanol–water partition coefficient (Wildman–Crippen LogP) is 3.10. The zero-order valence-electron chi connectivity index (χ0n) is 11.7. The van der Waals surface area contributed by atoms with Gasteiger partial charge >= 0.3 is 0 Å². The average molecular weight is 373 g/mol. The van der Waals surface area contributed by atoms with Crippen molar-refractivity contribution in [1.82, 2.24) is 5.32 Å². The number of primary sulfonamides is 1. The Morgan fingerprint density at radius 3 is 2.19 bits per heavy atom. The highest BCUT2D eigenvalue weighted by Crippen LogP contribution is 2.23. The highest BCUT2D eigenvalue weighted by atomic mass is 79.9. The van der Waals surface area contributed by atoms with Crippen LogP contribution in [0.25, 0.3) is 0 Å². The first-order chi connectivity index (χ1) is 9.77. The van der Waals surface area contributed by atoms with Crippen LogP contribution in [0.4, 0.5) is 0 Å². The molecule has 0 saturated carbocycles. The van der Waals surface area contributed by atoms with E-state index in [9.17, 15) is 8.42 Å². The number of benzene rings is 1. The molecule has 2 rings (SSSR count). The van der Waals surface area contributed by atoms with Gasteiger partial charge in [0, 0.05) is 6.04 Å². The third-order valence-electron chi connectivity index (χ3n) is 3.23. The zero-order valence-corrected chi connectivity index (χ0v) is 14.1. The molecule has 1 aromatic heterocycles. The number of hydrogen-bond acceptors (Lipinski definition) is 4. The van der Waals surface area contributed by atoms with Gasteiger partial charge in [-0.15, -0.1) is 0 Å². The van der Waals surface area contributed by atoms with Crippen molar-refractivity contribution in [3.05, 3.63) is 52.4 Å². The van der Waals surface area contributed by atoms with Crippen LogP contribution >= 0.6 is 15.9 Å². The molecule has 3 N–H and O–H groups in total. The standard InChI is InChI=1S/C14H17BrN2O3S/c1-9(17-10(2)13-7-8-14(15)20-13)11-3-5-12(6-4-11)21(16,18)19/h3-10,17H,1-2H3,(H2,16,18,19). The van der Waals surface area contributed by atoms with Crippen molar-refractivity contribution in [2.45, 2.75) is 30.8 Å². The largest absolute Gasteiger partial charge is 0.453 e. The van der Waals surface area contributed by atoms with E-state index in [0.29, 0.717) is 4.67 Å². The second-order valence-corrected chi connectivity index (χ2v) is 7.21. The first-order valence-electron chi connectivity index (χ1n) is 6.41. The number of hydrogen-bond donors (Lipinski definition) is 2. The summed E-state index contributed by atoms with van der Waals surface area (Å²) < 4.78 is 28.6. The van der Waals surface area contributed by atoms with E-state index in [-0.39, 0.29) is 17.0 Å². The molecule has 0 amide bonds. The van der Waals surface area contributed by atoms with Crippen LogP contribution in [0.5, 0.6) is 0 Å². The summed E-state index contributed by atoms with van der Waals surface area (Å²) >= 11 is 3.27. The minimum absolute atomic E-state index is 0.0317. The Bertz CT molecular complexity index is 710. The van der Waals surface area contributed by atoms with Crippen LogP contribution in [0.1, 0.15) is 37.3 Å². The van der Waals surface area contributed by atoms with E-state index < -0.39 is 10.0 Å². The van der Waals surface area contributed by atoms with Crippen molar-refractivity contribution >= 4 is 26.0 Å². The third kappa shape index (κ3) is 4.16. The summed E-state index contributed by atoms with van der Waals surface area (Å²) in [4.78, 5) is 0.112. The van der Waals surface area contributed by atoms with Gasteiger partial charge in [0.05, 0.1) is 10.9 Å². The molecule has 5 nitrogen and oxygen atoms in total. The van der Waals surface area contributed by atoms with Crippen LogP contribution < -0.4 is 10.5 Å². The number of nitrogens with two attached hydrogens (primary N) is 1. The number of halogens is 1. The Morgan fingerprint density at radius 1 is 1.10 bits per heavy atom. The Balaban J connectivity index is 2.08. The monoisotopic (exact) mass is 372 g/mol. The average Bonchev–Trinajstić information content (AvgIpc) is 2.84. The zero-order chi connectivity index (χ0) is 15.6. The molecular weight excluding hydrogens is 356 g/mol. The summed E-state index contributed by atoms with van der Waals surface area (Å²) in [5.74, 6) is 0.829. The lowest BCUT2D eigenvalue weighted by Crippen LogP contribution is -2.22. The lowest BCUT2D eigenvalue weighted by molar-refractivity contribution is 0.394. The van der Waals surface area contributed by atoms with Gasteiger partial charge in [0.25, 0.3) is 0 Å². The fourth-order valence-electron chi connectivity index (χ4n) is 2.06. The van der Waals surface area contributed by atoms with Crippen LogP contribution in [0, 0.1) is 0 Å². The van der Waals surface area contributed by atoms with Crippen molar-refractivity contribution in [1.29, 1.82) is 0 Å². The second-order valence-electron chi connectivity index (χ2n) is 4.87. The van der Waals surface area contributed by atoms with Crippen molar-refractivity contribution in [2.75, 3.05) is 0 Å². The van der Waals surface area contributed by atoms with Gasteiger partial charge in [-0.25, -0.2) is 13.6 Å². The number of nitrogens with one attached hydrogen (secondary N) is 1. The quantitative estimate of drug-likeness (QED) is 0.844. The lowest BCUT2D eigenvalue weighted by atomic mass is 10.1. The van der Waals surface area contributed by atoms with Gasteiger partial charge in [0.1, 0.15) is 5.76 Å². The van der Waals surface area contributed by atoms with Gasteiger partial charge in [-0.05, 0) is 59.6 Å². The summed E-state index contributed by atoms with van der Waals surface area (Å²) in [5, 5.41) is 8.47. The summed E-state index contributed by atoms with van der Waals surface area (Å²) in [6.45, 7) is 4.00. The highest BCUT2D eigenvalue weighted by molar-refractivity contribution is 9.10. The minimum Gasteiger partial charge on any atom is -0.453 e. The summed E-state index contributed by atoms with van der Waals surface area (Å²) in [7, 11) is -3.65. The third-order valence-corrected chi connectivity index (χ3v) is 4.58. The molecular formula is C14H17BrN2O3S. The maximum absolute atomic E-state index is 11.2. The van der Waals surface area contributed by atoms with Crippen molar-refractivity contribution in [3.63, 3.8) is 0 Å². The van der Waals surface area contributed by atoms with Gasteiger partial charge in [-0.1, -0.05) is 12.1 Å². The Kier molecular flexibility index (Phi) is 4.88. The highest BCUT2D eigenvalue weighted by Gasteiger charge is 2.15. The van der Waals surface area contributed by atoms with Gasteiger partial charge in [-0.2, -0.15) is 0 Å². The van der Waals surface area contributed by atoms with Gasteiger partial charge in [0.2, 0.25) is 10.0 Å². The molecule has 0 aliphatic carbocycles. The molecule has 1 aromatic carbocycles. The molecule has 114 valence electrons. The van der Waals surface area contributed by atoms with Gasteiger partial charge < -0.3 is 9.73 Å². The van der Waals surface area contributed by atoms with Gasteiger partial charge in [0.15, 0.2) is 4.67 Å². The van der Waals surface area contributed by atoms with E-state index in [1.165, 1.54) is 12.1 Å². The van der Waals surface area contributed by atoms with E-state index in [4.69, 9.17) is 9.56 Å². The number of rotatable bonds is 5. The Hall–Kier alpha value is -1.15. The van der Waals surface area contributed by atoms with Crippen molar-refractivity contribution < 1.29 is 12.8 Å². The number of furan rings is 1. The molecule has 2 atom stereocenters. The molecule has 21 heavy (non-hydrogen) atoms. The Morgan fingerprint density at radius 2 is 1.71 bits per heavy atom. The predicted molar refractivity (Wildman–Crippen MR) is 84.2 cm³/mol. The maximum atomic E-state index is 11.2. The molecule has 0 aliphatic heterocycles. The van der Waals surface area contributed by atoms with Crippen LogP contribution in [0.3, 0.4) is 0 Å². The van der Waals surface area contributed by atoms with E-state index in [1.807, 2.05) is 26.0 Å². The van der Waals surface area contributed by atoms with E-state index in [0.717, 1.165) is 11.3 Å². The summed E-state index contributed by atoms with van der Waals surface area (Å²) in [6.07, 6.45) is 0. The topological polar surface area (TPSA) is 85.3 Å². The van der Waals surface area contributed by atoms with Crippen molar-refractivity contribution in [3.8, 4) is 0 Å². The summed E-state index contributed by atoms with van der Waals surface area (Å²) in [6, 6.07) is 10.3. The first kappa shape index (κ1) is 16.2. The molecule has 0 radical (unpaired) electrons. The molecule has 1 heterocycles. The molecule has 2 aromatic rings. The molecule has 0 fully saturated rings. The van der Waals surface area contributed by atoms with E-state index >= 15 is 0 Å². The first-order valence-corrected chi connectivity index (χ1v) is 8.75. The molecule has 7 heteroatoms. The second kappa shape index (κ2) is 6.31. The van der Waals surface area contributed by atoms with Crippen LogP contribution in [-0.4, -0.2) is 8.42 Å². The Labute approximate surface area is 132 Å². The fraction of sp³-hybridized carbons (Fsp3) is 0.286. The molecule has 0 aliphatic rings. The van der Waals surface area contributed by atoms with Crippen LogP contribution in [-0.2, 0) is 10.0 Å². The molecule has 0 saturated heterocycles. The van der Waals surface area contributed by atoms with Crippen molar-refractivity contribution in [2.24, 2.45) is 5.14 Å². The van der Waals surface area contributed by atoms with E-state index in [2.05, 4.69) is 21.2 Å². The normalized spacial score (nSPS) is 14.9. The smallest absolute Gasteiger partial charge is 0.238 e. The minimum atomic E-state index is -3.65. The van der Waals surface area contributed by atoms with Crippen LogP contribution in [0.2, 0.25) is 0 Å². The number of sulfonamides is 1. The molecule has 0 bridgehead atoms. The van der Waals surface area contributed by atoms with Crippen LogP contribution in [0.15, 0.2) is 50.4 Å².